The maximum atomic E-state index is 11.5. The maximum Gasteiger partial charge on any atom is 0.223 e. The van der Waals surface area contributed by atoms with Crippen molar-refractivity contribution in [1.29, 1.82) is 0 Å². The minimum atomic E-state index is 0.215. The number of aryl methyl sites for hydroxylation is 1. The lowest BCUT2D eigenvalue weighted by Gasteiger charge is -2.09. The molecular formula is C15H17N3O. The normalized spacial score (nSPS) is 18.4. The van der Waals surface area contributed by atoms with E-state index < -0.39 is 0 Å². The first-order valence-electron chi connectivity index (χ1n) is 6.84. The molecule has 19 heavy (non-hydrogen) atoms. The van der Waals surface area contributed by atoms with E-state index >= 15 is 0 Å². The lowest BCUT2D eigenvalue weighted by Crippen LogP contribution is -2.24. The first-order chi connectivity index (χ1) is 9.22. The fourth-order valence-electron chi connectivity index (χ4n) is 2.28. The quantitative estimate of drug-likeness (QED) is 0.755. The summed E-state index contributed by atoms with van der Waals surface area (Å²) in [6, 6.07) is 1.91. The van der Waals surface area contributed by atoms with E-state index in [1.165, 1.54) is 12.8 Å². The zero-order valence-electron chi connectivity index (χ0n) is 11.1. The topological polar surface area (TPSA) is 46.1 Å². The number of nitrogens with zero attached hydrogens (tertiary/aromatic N) is 3. The van der Waals surface area contributed by atoms with Crippen molar-refractivity contribution in [3.8, 4) is 11.8 Å². The van der Waals surface area contributed by atoms with Crippen LogP contribution in [0.2, 0.25) is 0 Å². The molecule has 0 radical (unpaired) electrons. The molecule has 1 amide bonds. The summed E-state index contributed by atoms with van der Waals surface area (Å²) in [4.78, 5) is 22.2. The number of hydrogen-bond acceptors (Lipinski definition) is 3. The number of likely N-dealkylation sites (tertiary alicyclic amines) is 1. The fourth-order valence-corrected chi connectivity index (χ4v) is 2.28. The van der Waals surface area contributed by atoms with Crippen LogP contribution in [0.5, 0.6) is 0 Å². The van der Waals surface area contributed by atoms with E-state index in [1.54, 1.807) is 0 Å². The van der Waals surface area contributed by atoms with Gasteiger partial charge in [0.25, 0.3) is 0 Å². The zero-order valence-corrected chi connectivity index (χ0v) is 11.1. The van der Waals surface area contributed by atoms with Crippen LogP contribution in [-0.4, -0.2) is 33.9 Å². The van der Waals surface area contributed by atoms with E-state index in [-0.39, 0.29) is 5.91 Å². The second-order valence-electron chi connectivity index (χ2n) is 5.25. The Morgan fingerprint density at radius 2 is 2.26 bits per heavy atom. The highest BCUT2D eigenvalue weighted by Gasteiger charge is 2.26. The van der Waals surface area contributed by atoms with Crippen LogP contribution in [-0.2, 0) is 4.79 Å². The Labute approximate surface area is 113 Å². The smallest absolute Gasteiger partial charge is 0.223 e. The summed E-state index contributed by atoms with van der Waals surface area (Å²) in [7, 11) is 0. The van der Waals surface area contributed by atoms with Crippen LogP contribution in [0.3, 0.4) is 0 Å². The lowest BCUT2D eigenvalue weighted by molar-refractivity contribution is -0.127. The van der Waals surface area contributed by atoms with Crippen molar-refractivity contribution in [2.75, 3.05) is 13.1 Å². The Balaban J connectivity index is 1.70. The molecule has 1 aliphatic carbocycles. The number of carbonyl (C=O) groups excluding carboxylic acids is 1. The van der Waals surface area contributed by atoms with Crippen LogP contribution in [0, 0.1) is 18.8 Å². The second-order valence-corrected chi connectivity index (χ2v) is 5.25. The molecule has 1 aromatic rings. The van der Waals surface area contributed by atoms with Gasteiger partial charge in [-0.3, -0.25) is 4.79 Å². The number of rotatable bonds is 2. The predicted octanol–water partition coefficient (Wildman–Crippen LogP) is 1.64. The molecule has 1 aromatic heterocycles. The number of carbonyl (C=O) groups is 1. The molecule has 3 rings (SSSR count). The van der Waals surface area contributed by atoms with E-state index in [1.807, 2.05) is 17.9 Å². The average molecular weight is 255 g/mol. The summed E-state index contributed by atoms with van der Waals surface area (Å²) < 4.78 is 0. The summed E-state index contributed by atoms with van der Waals surface area (Å²) >= 11 is 0. The van der Waals surface area contributed by atoms with Crippen LogP contribution in [0.25, 0.3) is 0 Å². The minimum Gasteiger partial charge on any atom is -0.332 e. The number of hydrogen-bond donors (Lipinski definition) is 0. The van der Waals surface area contributed by atoms with Gasteiger partial charge in [0.2, 0.25) is 5.91 Å². The van der Waals surface area contributed by atoms with Crippen molar-refractivity contribution in [3.05, 3.63) is 23.3 Å². The van der Waals surface area contributed by atoms with E-state index in [0.717, 1.165) is 30.2 Å². The summed E-state index contributed by atoms with van der Waals surface area (Å²) in [5, 5.41) is 0. The Hall–Kier alpha value is -1.89. The molecule has 2 heterocycles. The van der Waals surface area contributed by atoms with Crippen LogP contribution < -0.4 is 0 Å². The fraction of sp³-hybridized carbons (Fsp3) is 0.533. The molecule has 1 aliphatic heterocycles. The van der Waals surface area contributed by atoms with Gasteiger partial charge in [-0.15, -0.1) is 0 Å². The Morgan fingerprint density at radius 1 is 1.42 bits per heavy atom. The monoisotopic (exact) mass is 255 g/mol. The Morgan fingerprint density at radius 3 is 2.95 bits per heavy atom. The van der Waals surface area contributed by atoms with Crippen molar-refractivity contribution in [2.45, 2.75) is 38.5 Å². The van der Waals surface area contributed by atoms with Gasteiger partial charge in [-0.05, 0) is 38.2 Å². The summed E-state index contributed by atoms with van der Waals surface area (Å²) in [5.41, 5.74) is 1.75. The van der Waals surface area contributed by atoms with Gasteiger partial charge < -0.3 is 4.90 Å². The molecule has 4 nitrogen and oxygen atoms in total. The zero-order chi connectivity index (χ0) is 13.2. The van der Waals surface area contributed by atoms with Crippen molar-refractivity contribution in [3.63, 3.8) is 0 Å². The molecule has 98 valence electrons. The van der Waals surface area contributed by atoms with Gasteiger partial charge in [-0.1, -0.05) is 5.92 Å². The highest BCUT2D eigenvalue weighted by molar-refractivity contribution is 5.78. The highest BCUT2D eigenvalue weighted by atomic mass is 16.2. The molecule has 4 heteroatoms. The first kappa shape index (κ1) is 12.2. The first-order valence-corrected chi connectivity index (χ1v) is 6.84. The molecule has 1 saturated carbocycles. The standard InChI is InChI=1S/C15H17N3O/c1-11-10-13(17-15(16-11)12-6-7-12)4-2-8-18-9-3-5-14(18)19/h10,12H,3,5-9H2,1H3. The lowest BCUT2D eigenvalue weighted by atomic mass is 10.3. The molecule has 0 N–H and O–H groups in total. The van der Waals surface area contributed by atoms with Crippen molar-refractivity contribution < 1.29 is 4.79 Å². The minimum absolute atomic E-state index is 0.215. The van der Waals surface area contributed by atoms with Gasteiger partial charge in [-0.25, -0.2) is 9.97 Å². The average Bonchev–Trinajstić information content (AvgIpc) is 3.14. The van der Waals surface area contributed by atoms with Gasteiger partial charge in [0.05, 0.1) is 6.54 Å². The van der Waals surface area contributed by atoms with Crippen LogP contribution >= 0.6 is 0 Å². The largest absolute Gasteiger partial charge is 0.332 e. The van der Waals surface area contributed by atoms with Gasteiger partial charge in [0.1, 0.15) is 11.5 Å². The number of aromatic nitrogens is 2. The van der Waals surface area contributed by atoms with Crippen molar-refractivity contribution >= 4 is 5.91 Å². The summed E-state index contributed by atoms with van der Waals surface area (Å²) in [6.07, 6.45) is 4.01. The van der Waals surface area contributed by atoms with E-state index in [4.69, 9.17) is 0 Å². The molecule has 0 bridgehead atoms. The predicted molar refractivity (Wildman–Crippen MR) is 71.4 cm³/mol. The molecule has 2 aliphatic rings. The third-order valence-electron chi connectivity index (χ3n) is 3.47. The van der Waals surface area contributed by atoms with E-state index in [0.29, 0.717) is 18.9 Å². The van der Waals surface area contributed by atoms with E-state index in [9.17, 15) is 4.79 Å². The van der Waals surface area contributed by atoms with Crippen molar-refractivity contribution in [2.24, 2.45) is 0 Å². The van der Waals surface area contributed by atoms with Crippen molar-refractivity contribution in [1.82, 2.24) is 14.9 Å². The van der Waals surface area contributed by atoms with Crippen LogP contribution in [0.1, 0.15) is 48.8 Å². The van der Waals surface area contributed by atoms with Crippen LogP contribution in [0.4, 0.5) is 0 Å². The Bertz CT molecular complexity index is 566. The van der Waals surface area contributed by atoms with Gasteiger partial charge in [0, 0.05) is 24.6 Å². The van der Waals surface area contributed by atoms with E-state index in [2.05, 4.69) is 21.8 Å². The SMILES string of the molecule is Cc1cc(C#CCN2CCCC2=O)nc(C2CC2)n1. The molecule has 0 unspecified atom stereocenters. The van der Waals surface area contributed by atoms with Gasteiger partial charge in [0.15, 0.2) is 0 Å². The highest BCUT2D eigenvalue weighted by Crippen LogP contribution is 2.37. The molecule has 0 spiro atoms. The Kier molecular flexibility index (Phi) is 3.20. The second kappa shape index (κ2) is 5.00. The third kappa shape index (κ3) is 2.93. The number of amides is 1. The molecule has 0 aromatic carbocycles. The summed E-state index contributed by atoms with van der Waals surface area (Å²) in [5.74, 6) is 7.80. The van der Waals surface area contributed by atoms with Gasteiger partial charge >= 0.3 is 0 Å². The molecule has 2 fully saturated rings. The maximum absolute atomic E-state index is 11.5. The van der Waals surface area contributed by atoms with Crippen LogP contribution in [0.15, 0.2) is 6.07 Å². The molecule has 0 atom stereocenters. The molecule has 1 saturated heterocycles. The summed E-state index contributed by atoms with van der Waals surface area (Å²) in [6.45, 7) is 3.33. The molecular weight excluding hydrogens is 238 g/mol. The third-order valence-corrected chi connectivity index (χ3v) is 3.47. The van der Waals surface area contributed by atoms with Gasteiger partial charge in [-0.2, -0.15) is 0 Å².